The van der Waals surface area contributed by atoms with E-state index in [0.717, 1.165) is 83.4 Å². The first kappa shape index (κ1) is 29.0. The van der Waals surface area contributed by atoms with E-state index in [1.807, 2.05) is 30.5 Å². The van der Waals surface area contributed by atoms with Crippen LogP contribution in [0.4, 0.5) is 9.52 Å². The SMILES string of the molecule is CO[C@H]1CN(c2nc(-c3cccc(C)c3OCc3cc(F)c4c(c3)CCN(C3CCOCC3)C4)cs2)CC[C@H]1C(=O)O. The van der Waals surface area contributed by atoms with E-state index in [-0.39, 0.29) is 18.5 Å². The van der Waals surface area contributed by atoms with Crippen LogP contribution in [0.5, 0.6) is 5.75 Å². The molecule has 8 nitrogen and oxygen atoms in total. The first-order valence-corrected chi connectivity index (χ1v) is 15.6. The lowest BCUT2D eigenvalue weighted by molar-refractivity contribution is -0.147. The highest BCUT2D eigenvalue weighted by Crippen LogP contribution is 2.37. The van der Waals surface area contributed by atoms with E-state index < -0.39 is 11.9 Å². The zero-order valence-corrected chi connectivity index (χ0v) is 25.0. The number of ether oxygens (including phenoxy) is 3. The van der Waals surface area contributed by atoms with Gasteiger partial charge in [0.2, 0.25) is 0 Å². The molecule has 0 amide bonds. The molecule has 42 heavy (non-hydrogen) atoms. The van der Waals surface area contributed by atoms with Crippen LogP contribution in [0.3, 0.4) is 0 Å². The molecule has 3 aliphatic heterocycles. The fourth-order valence-electron chi connectivity index (χ4n) is 6.49. The quantitative estimate of drug-likeness (QED) is 0.376. The summed E-state index contributed by atoms with van der Waals surface area (Å²) in [5.41, 5.74) is 5.37. The van der Waals surface area contributed by atoms with Crippen LogP contribution in [0.2, 0.25) is 0 Å². The van der Waals surface area contributed by atoms with E-state index in [9.17, 15) is 9.90 Å². The van der Waals surface area contributed by atoms with Crippen LogP contribution in [-0.4, -0.2) is 73.1 Å². The van der Waals surface area contributed by atoms with Gasteiger partial charge in [0.25, 0.3) is 0 Å². The fraction of sp³-hybridized carbons (Fsp3) is 0.500. The highest BCUT2D eigenvalue weighted by atomic mass is 32.1. The number of aliphatic carboxylic acids is 1. The summed E-state index contributed by atoms with van der Waals surface area (Å²) in [6.07, 6.45) is 2.98. The smallest absolute Gasteiger partial charge is 0.309 e. The number of fused-ring (bicyclic) bond motifs is 1. The third-order valence-electron chi connectivity index (χ3n) is 8.90. The molecule has 2 saturated heterocycles. The van der Waals surface area contributed by atoms with Crippen LogP contribution in [0, 0.1) is 18.7 Å². The second-order valence-corrected chi connectivity index (χ2v) is 12.3. The number of carboxylic acids is 1. The fourth-order valence-corrected chi connectivity index (χ4v) is 7.36. The first-order chi connectivity index (χ1) is 20.4. The van der Waals surface area contributed by atoms with Crippen molar-refractivity contribution in [1.29, 1.82) is 0 Å². The van der Waals surface area contributed by atoms with Gasteiger partial charge in [0.1, 0.15) is 18.2 Å². The Bertz CT molecular complexity index is 1430. The molecule has 1 aromatic heterocycles. The van der Waals surface area contributed by atoms with Crippen molar-refractivity contribution >= 4 is 22.4 Å². The Balaban J connectivity index is 1.16. The number of methoxy groups -OCH3 is 1. The van der Waals surface area contributed by atoms with E-state index in [0.29, 0.717) is 32.1 Å². The Kier molecular flexibility index (Phi) is 8.76. The number of piperidine rings is 1. The molecular weight excluding hydrogens is 557 g/mol. The second-order valence-electron chi connectivity index (χ2n) is 11.5. The minimum absolute atomic E-state index is 0.155. The Morgan fingerprint density at radius 1 is 1.21 bits per heavy atom. The van der Waals surface area contributed by atoms with Crippen LogP contribution in [0.15, 0.2) is 35.7 Å². The molecule has 0 saturated carbocycles. The summed E-state index contributed by atoms with van der Waals surface area (Å²) in [6.45, 7) is 6.53. The summed E-state index contributed by atoms with van der Waals surface area (Å²) in [4.78, 5) is 21.0. The van der Waals surface area contributed by atoms with Crippen LogP contribution < -0.4 is 9.64 Å². The van der Waals surface area contributed by atoms with Crippen LogP contribution in [0.1, 0.15) is 41.5 Å². The van der Waals surface area contributed by atoms with Crippen molar-refractivity contribution in [1.82, 2.24) is 9.88 Å². The third-order valence-corrected chi connectivity index (χ3v) is 9.80. The number of aromatic nitrogens is 1. The summed E-state index contributed by atoms with van der Waals surface area (Å²) in [6, 6.07) is 10.2. The number of para-hydroxylation sites is 1. The number of carboxylic acid groups (broad SMARTS) is 1. The molecule has 1 N–H and O–H groups in total. The molecule has 3 aliphatic rings. The third kappa shape index (κ3) is 6.04. The lowest BCUT2D eigenvalue weighted by Crippen LogP contribution is -2.47. The molecule has 10 heteroatoms. The minimum atomic E-state index is -0.821. The van der Waals surface area contributed by atoms with E-state index in [1.165, 1.54) is 11.3 Å². The lowest BCUT2D eigenvalue weighted by Gasteiger charge is -2.37. The summed E-state index contributed by atoms with van der Waals surface area (Å²) in [7, 11) is 1.56. The van der Waals surface area contributed by atoms with Gasteiger partial charge in [-0.15, -0.1) is 11.3 Å². The minimum Gasteiger partial charge on any atom is -0.488 e. The van der Waals surface area contributed by atoms with Gasteiger partial charge >= 0.3 is 5.97 Å². The van der Waals surface area contributed by atoms with E-state index >= 15 is 4.39 Å². The molecule has 0 aliphatic carbocycles. The van der Waals surface area contributed by atoms with Gasteiger partial charge in [0.15, 0.2) is 5.13 Å². The molecule has 4 heterocycles. The van der Waals surface area contributed by atoms with E-state index in [2.05, 4.69) is 15.9 Å². The number of nitrogens with zero attached hydrogens (tertiary/aromatic N) is 3. The summed E-state index contributed by atoms with van der Waals surface area (Å²) < 4.78 is 32.7. The van der Waals surface area contributed by atoms with Gasteiger partial charge in [-0.2, -0.15) is 0 Å². The van der Waals surface area contributed by atoms with Crippen LogP contribution in [0.25, 0.3) is 11.3 Å². The average Bonchev–Trinajstić information content (AvgIpc) is 3.50. The normalized spacial score (nSPS) is 21.7. The molecule has 0 bridgehead atoms. The molecule has 2 aromatic carbocycles. The maximum Gasteiger partial charge on any atom is 0.309 e. The largest absolute Gasteiger partial charge is 0.488 e. The molecule has 0 radical (unpaired) electrons. The number of carbonyl (C=O) groups is 1. The van der Waals surface area contributed by atoms with Gasteiger partial charge in [-0.25, -0.2) is 9.37 Å². The molecule has 224 valence electrons. The second kappa shape index (κ2) is 12.7. The van der Waals surface area contributed by atoms with Crippen molar-refractivity contribution in [3.05, 3.63) is 63.8 Å². The number of hydrogen-bond donors (Lipinski definition) is 1. The maximum atomic E-state index is 15.4. The highest BCUT2D eigenvalue weighted by Gasteiger charge is 2.35. The van der Waals surface area contributed by atoms with E-state index in [4.69, 9.17) is 19.2 Å². The highest BCUT2D eigenvalue weighted by molar-refractivity contribution is 7.14. The number of anilines is 1. The van der Waals surface area contributed by atoms with Crippen molar-refractivity contribution in [3.8, 4) is 17.0 Å². The Hall–Kier alpha value is -3.05. The number of halogens is 1. The Morgan fingerprint density at radius 2 is 2.05 bits per heavy atom. The zero-order valence-electron chi connectivity index (χ0n) is 24.2. The average molecular weight is 596 g/mol. The first-order valence-electron chi connectivity index (χ1n) is 14.7. The summed E-state index contributed by atoms with van der Waals surface area (Å²) in [5, 5.41) is 12.4. The van der Waals surface area contributed by atoms with E-state index in [1.54, 1.807) is 13.2 Å². The van der Waals surface area contributed by atoms with Gasteiger partial charge < -0.3 is 24.2 Å². The summed E-state index contributed by atoms with van der Waals surface area (Å²) >= 11 is 1.53. The monoisotopic (exact) mass is 595 g/mol. The molecule has 2 atom stereocenters. The molecule has 3 aromatic rings. The number of thiazole rings is 1. The molecule has 0 spiro atoms. The van der Waals surface area contributed by atoms with Gasteiger partial charge in [-0.05, 0) is 61.4 Å². The Morgan fingerprint density at radius 3 is 2.83 bits per heavy atom. The number of hydrogen-bond acceptors (Lipinski definition) is 8. The molecular formula is C32H38FN3O5S. The number of aryl methyl sites for hydroxylation is 1. The van der Waals surface area contributed by atoms with Crippen molar-refractivity contribution in [2.24, 2.45) is 5.92 Å². The maximum absolute atomic E-state index is 15.4. The van der Waals surface area contributed by atoms with Crippen molar-refractivity contribution < 1.29 is 28.5 Å². The number of benzene rings is 2. The zero-order chi connectivity index (χ0) is 29.2. The lowest BCUT2D eigenvalue weighted by atomic mass is 9.94. The predicted molar refractivity (Wildman–Crippen MR) is 160 cm³/mol. The molecule has 0 unspecified atom stereocenters. The van der Waals surface area contributed by atoms with Crippen LogP contribution >= 0.6 is 11.3 Å². The summed E-state index contributed by atoms with van der Waals surface area (Å²) in [5.74, 6) is -0.754. The van der Waals surface area contributed by atoms with Gasteiger partial charge in [-0.3, -0.25) is 9.69 Å². The van der Waals surface area contributed by atoms with Crippen molar-refractivity contribution in [2.75, 3.05) is 44.9 Å². The Labute approximate surface area is 250 Å². The molecule has 2 fully saturated rings. The molecule has 6 rings (SSSR count). The number of rotatable bonds is 8. The van der Waals surface area contributed by atoms with Crippen molar-refractivity contribution in [3.63, 3.8) is 0 Å². The van der Waals surface area contributed by atoms with Gasteiger partial charge in [0, 0.05) is 69.1 Å². The van der Waals surface area contributed by atoms with Crippen molar-refractivity contribution in [2.45, 2.75) is 57.9 Å². The van der Waals surface area contributed by atoms with Gasteiger partial charge in [-0.1, -0.05) is 18.2 Å². The predicted octanol–water partition coefficient (Wildman–Crippen LogP) is 5.30. The topological polar surface area (TPSA) is 84.4 Å². The van der Waals surface area contributed by atoms with Crippen LogP contribution in [-0.2, 0) is 33.8 Å². The van der Waals surface area contributed by atoms with Gasteiger partial charge in [0.05, 0.1) is 17.7 Å². The standard InChI is InChI=1S/C32H38FN3O5S/c1-20-4-3-5-24(28-19-42-32(34-28)36-11-7-25(31(37)38)29(17-36)39-2)30(20)41-18-21-14-22-6-10-35(16-26(22)27(33)15-21)23-8-12-40-13-9-23/h3-5,14-15,19,23,25,29H,6-13,16-18H2,1-2H3,(H,37,38)/t25-,29+/m1/s1.